The summed E-state index contributed by atoms with van der Waals surface area (Å²) in [6.07, 6.45) is 8.17. The third kappa shape index (κ3) is 3.27. The van der Waals surface area contributed by atoms with E-state index >= 15 is 0 Å². The zero-order valence-electron chi connectivity index (χ0n) is 9.89. The standard InChI is InChI=1S/C14H18ClN/c1-4-5-6-10-14(16-3)12-8-7-9-13(15)11(12)2/h1,7-9,14,16H,5-6,10H2,2-3H3. The van der Waals surface area contributed by atoms with Gasteiger partial charge in [-0.25, -0.2) is 0 Å². The summed E-state index contributed by atoms with van der Waals surface area (Å²) in [5.41, 5.74) is 2.43. The Morgan fingerprint density at radius 3 is 2.88 bits per heavy atom. The van der Waals surface area contributed by atoms with E-state index in [9.17, 15) is 0 Å². The average Bonchev–Trinajstić information content (AvgIpc) is 2.29. The molecule has 1 aromatic carbocycles. The van der Waals surface area contributed by atoms with Crippen molar-refractivity contribution >= 4 is 11.6 Å². The van der Waals surface area contributed by atoms with Crippen LogP contribution in [0.2, 0.25) is 5.02 Å². The summed E-state index contributed by atoms with van der Waals surface area (Å²) in [7, 11) is 1.97. The molecule has 0 aliphatic carbocycles. The van der Waals surface area contributed by atoms with Crippen LogP contribution < -0.4 is 5.32 Å². The summed E-state index contributed by atoms with van der Waals surface area (Å²) in [5.74, 6) is 2.67. The predicted octanol–water partition coefficient (Wildman–Crippen LogP) is 3.71. The monoisotopic (exact) mass is 235 g/mol. The SMILES string of the molecule is C#CCCCC(NC)c1cccc(Cl)c1C. The molecule has 1 nitrogen and oxygen atoms in total. The maximum absolute atomic E-state index is 6.12. The fourth-order valence-electron chi connectivity index (χ4n) is 1.87. The van der Waals surface area contributed by atoms with E-state index in [1.54, 1.807) is 0 Å². The molecule has 0 aliphatic rings. The normalized spacial score (nSPS) is 12.1. The minimum atomic E-state index is 0.340. The molecule has 0 saturated carbocycles. The first kappa shape index (κ1) is 13.1. The van der Waals surface area contributed by atoms with Gasteiger partial charge in [0.15, 0.2) is 0 Å². The maximum Gasteiger partial charge on any atom is 0.0438 e. The summed E-state index contributed by atoms with van der Waals surface area (Å²) in [5, 5.41) is 4.15. The second-order valence-corrected chi connectivity index (χ2v) is 4.30. The largest absolute Gasteiger partial charge is 0.313 e. The zero-order valence-corrected chi connectivity index (χ0v) is 10.6. The predicted molar refractivity (Wildman–Crippen MR) is 70.7 cm³/mol. The van der Waals surface area contributed by atoms with Gasteiger partial charge in [-0.2, -0.15) is 0 Å². The molecule has 1 unspecified atom stereocenters. The Balaban J connectivity index is 2.79. The van der Waals surface area contributed by atoms with Crippen molar-refractivity contribution in [3.63, 3.8) is 0 Å². The summed E-state index contributed by atoms with van der Waals surface area (Å²) in [6.45, 7) is 2.06. The van der Waals surface area contributed by atoms with Crippen molar-refractivity contribution in [3.05, 3.63) is 34.3 Å². The molecule has 0 amide bonds. The van der Waals surface area contributed by atoms with Gasteiger partial charge in [-0.3, -0.25) is 0 Å². The van der Waals surface area contributed by atoms with E-state index in [0.717, 1.165) is 29.8 Å². The third-order valence-corrected chi connectivity index (χ3v) is 3.26. The van der Waals surface area contributed by atoms with Crippen molar-refractivity contribution < 1.29 is 0 Å². The molecule has 0 heterocycles. The van der Waals surface area contributed by atoms with E-state index in [0.29, 0.717) is 6.04 Å². The lowest BCUT2D eigenvalue weighted by Gasteiger charge is -2.19. The van der Waals surface area contributed by atoms with Crippen LogP contribution in [0.15, 0.2) is 18.2 Å². The highest BCUT2D eigenvalue weighted by Gasteiger charge is 2.12. The number of rotatable bonds is 5. The van der Waals surface area contributed by atoms with E-state index < -0.39 is 0 Å². The fraction of sp³-hybridized carbons (Fsp3) is 0.429. The van der Waals surface area contributed by atoms with Gasteiger partial charge in [0, 0.05) is 17.5 Å². The molecule has 0 aromatic heterocycles. The average molecular weight is 236 g/mol. The van der Waals surface area contributed by atoms with Crippen molar-refractivity contribution in [1.82, 2.24) is 5.32 Å². The number of halogens is 1. The highest BCUT2D eigenvalue weighted by Crippen LogP contribution is 2.26. The van der Waals surface area contributed by atoms with Crippen molar-refractivity contribution in [2.45, 2.75) is 32.2 Å². The Bertz CT molecular complexity index is 379. The van der Waals surface area contributed by atoms with Crippen molar-refractivity contribution in [3.8, 4) is 12.3 Å². The molecule has 86 valence electrons. The summed E-state index contributed by atoms with van der Waals surface area (Å²) >= 11 is 6.12. The van der Waals surface area contributed by atoms with E-state index in [4.69, 9.17) is 18.0 Å². The lowest BCUT2D eigenvalue weighted by atomic mass is 9.97. The molecule has 1 N–H and O–H groups in total. The Labute approximate surface area is 103 Å². The highest BCUT2D eigenvalue weighted by molar-refractivity contribution is 6.31. The van der Waals surface area contributed by atoms with Crippen molar-refractivity contribution in [2.75, 3.05) is 7.05 Å². The first-order valence-electron chi connectivity index (χ1n) is 5.56. The van der Waals surface area contributed by atoms with E-state index in [1.165, 1.54) is 5.56 Å². The Kier molecular flexibility index (Phi) is 5.38. The van der Waals surface area contributed by atoms with Gasteiger partial charge in [0.2, 0.25) is 0 Å². The van der Waals surface area contributed by atoms with Crippen LogP contribution in [-0.4, -0.2) is 7.05 Å². The van der Waals surface area contributed by atoms with Crippen LogP contribution in [0.25, 0.3) is 0 Å². The van der Waals surface area contributed by atoms with Crippen molar-refractivity contribution in [2.24, 2.45) is 0 Å². The minimum Gasteiger partial charge on any atom is -0.313 e. The van der Waals surface area contributed by atoms with Gasteiger partial charge in [0.05, 0.1) is 0 Å². The third-order valence-electron chi connectivity index (χ3n) is 2.85. The zero-order chi connectivity index (χ0) is 12.0. The molecular weight excluding hydrogens is 218 g/mol. The molecule has 0 bridgehead atoms. The second kappa shape index (κ2) is 6.58. The number of nitrogens with one attached hydrogen (secondary N) is 1. The molecular formula is C14H18ClN. The molecule has 0 aliphatic heterocycles. The number of hydrogen-bond donors (Lipinski definition) is 1. The van der Waals surface area contributed by atoms with E-state index in [-0.39, 0.29) is 0 Å². The molecule has 0 saturated heterocycles. The first-order chi connectivity index (χ1) is 7.70. The van der Waals surface area contributed by atoms with Crippen LogP contribution >= 0.6 is 11.6 Å². The van der Waals surface area contributed by atoms with Gasteiger partial charge in [0.1, 0.15) is 0 Å². The highest BCUT2D eigenvalue weighted by atomic mass is 35.5. The van der Waals surface area contributed by atoms with Gasteiger partial charge < -0.3 is 5.32 Å². The van der Waals surface area contributed by atoms with Gasteiger partial charge in [-0.15, -0.1) is 12.3 Å². The lowest BCUT2D eigenvalue weighted by Crippen LogP contribution is -2.17. The van der Waals surface area contributed by atoms with E-state index in [1.807, 2.05) is 19.2 Å². The molecule has 0 fully saturated rings. The minimum absolute atomic E-state index is 0.340. The van der Waals surface area contributed by atoms with Crippen LogP contribution in [0, 0.1) is 19.3 Å². The molecule has 16 heavy (non-hydrogen) atoms. The number of benzene rings is 1. The molecule has 2 heteroatoms. The first-order valence-corrected chi connectivity index (χ1v) is 5.94. The fourth-order valence-corrected chi connectivity index (χ4v) is 2.05. The number of terminal acetylenes is 1. The Morgan fingerprint density at radius 1 is 1.50 bits per heavy atom. The molecule has 1 atom stereocenters. The maximum atomic E-state index is 6.12. The van der Waals surface area contributed by atoms with Gasteiger partial charge in [-0.1, -0.05) is 23.7 Å². The smallest absolute Gasteiger partial charge is 0.0438 e. The van der Waals surface area contributed by atoms with Gasteiger partial charge >= 0.3 is 0 Å². The van der Waals surface area contributed by atoms with Crippen LogP contribution in [0.4, 0.5) is 0 Å². The molecule has 0 radical (unpaired) electrons. The summed E-state index contributed by atoms with van der Waals surface area (Å²) < 4.78 is 0. The van der Waals surface area contributed by atoms with Gasteiger partial charge in [-0.05, 0) is 44.0 Å². The van der Waals surface area contributed by atoms with Crippen LogP contribution in [0.3, 0.4) is 0 Å². The molecule has 0 spiro atoms. The number of hydrogen-bond acceptors (Lipinski definition) is 1. The summed E-state index contributed by atoms with van der Waals surface area (Å²) in [4.78, 5) is 0. The Hall–Kier alpha value is -0.970. The van der Waals surface area contributed by atoms with E-state index in [2.05, 4.69) is 24.2 Å². The Morgan fingerprint density at radius 2 is 2.25 bits per heavy atom. The van der Waals surface area contributed by atoms with Crippen LogP contribution in [-0.2, 0) is 0 Å². The van der Waals surface area contributed by atoms with Crippen LogP contribution in [0.1, 0.15) is 36.4 Å². The van der Waals surface area contributed by atoms with Crippen molar-refractivity contribution in [1.29, 1.82) is 0 Å². The van der Waals surface area contributed by atoms with Gasteiger partial charge in [0.25, 0.3) is 0 Å². The lowest BCUT2D eigenvalue weighted by molar-refractivity contribution is 0.530. The quantitative estimate of drug-likeness (QED) is 0.606. The number of unbranched alkanes of at least 4 members (excludes halogenated alkanes) is 1. The molecule has 1 rings (SSSR count). The summed E-state index contributed by atoms with van der Waals surface area (Å²) in [6, 6.07) is 6.38. The van der Waals surface area contributed by atoms with Crippen LogP contribution in [0.5, 0.6) is 0 Å². The molecule has 1 aromatic rings. The topological polar surface area (TPSA) is 12.0 Å². The second-order valence-electron chi connectivity index (χ2n) is 3.89.